The molecule has 0 N–H and O–H groups in total. The zero-order valence-corrected chi connectivity index (χ0v) is 14.1. The van der Waals surface area contributed by atoms with Gasteiger partial charge in [-0.25, -0.2) is 13.1 Å². The molecule has 0 aliphatic heterocycles. The number of benzene rings is 2. The first kappa shape index (κ1) is 15.7. The van der Waals surface area contributed by atoms with Crippen LogP contribution in [0.15, 0.2) is 58.5 Å². The molecule has 0 aliphatic carbocycles. The first-order chi connectivity index (χ1) is 10.9. The van der Waals surface area contributed by atoms with Gasteiger partial charge in [-0.05, 0) is 55.8 Å². The molecule has 0 atom stereocenters. The molecular weight excluding hydrogens is 334 g/mol. The maximum absolute atomic E-state index is 12.7. The van der Waals surface area contributed by atoms with Gasteiger partial charge in [0.15, 0.2) is 0 Å². The van der Waals surface area contributed by atoms with E-state index in [0.717, 1.165) is 11.3 Å². The fraction of sp³-hybridized carbons (Fsp3) is 0.125. The molecule has 23 heavy (non-hydrogen) atoms. The lowest BCUT2D eigenvalue weighted by Gasteiger charge is -2.05. The predicted octanol–water partition coefficient (Wildman–Crippen LogP) is 3.37. The molecule has 0 spiro atoms. The minimum Gasteiger partial charge on any atom is -0.217 e. The molecule has 5 nitrogen and oxygen atoms in total. The van der Waals surface area contributed by atoms with Crippen molar-refractivity contribution in [2.24, 2.45) is 0 Å². The standard InChI is InChI=1S/C16H14ClN3O2S/c1-11-4-3-5-14(10-11)20-12(2)16(18-19-20)23(21,22)15-8-6-13(17)7-9-15/h3-10H,1-2H3. The van der Waals surface area contributed by atoms with Gasteiger partial charge in [-0.2, -0.15) is 0 Å². The number of nitrogens with zero attached hydrogens (tertiary/aromatic N) is 3. The molecule has 0 aliphatic rings. The lowest BCUT2D eigenvalue weighted by atomic mass is 10.2. The van der Waals surface area contributed by atoms with Gasteiger partial charge in [-0.1, -0.05) is 28.9 Å². The second-order valence-corrected chi connectivity index (χ2v) is 7.49. The Morgan fingerprint density at radius 2 is 1.74 bits per heavy atom. The van der Waals surface area contributed by atoms with Crippen LogP contribution in [0.5, 0.6) is 0 Å². The third-order valence-corrected chi connectivity index (χ3v) is 5.51. The molecule has 0 bridgehead atoms. The summed E-state index contributed by atoms with van der Waals surface area (Å²) in [4.78, 5) is 0.140. The van der Waals surface area contributed by atoms with E-state index in [9.17, 15) is 8.42 Å². The second kappa shape index (κ2) is 5.79. The fourth-order valence-corrected chi connectivity index (χ4v) is 3.76. The van der Waals surface area contributed by atoms with Gasteiger partial charge in [0.2, 0.25) is 14.9 Å². The van der Waals surface area contributed by atoms with Crippen LogP contribution in [-0.4, -0.2) is 23.4 Å². The van der Waals surface area contributed by atoms with Crippen molar-refractivity contribution in [1.29, 1.82) is 0 Å². The van der Waals surface area contributed by atoms with E-state index < -0.39 is 9.84 Å². The van der Waals surface area contributed by atoms with Gasteiger partial charge in [0.25, 0.3) is 0 Å². The average Bonchev–Trinajstić information content (AvgIpc) is 2.90. The van der Waals surface area contributed by atoms with E-state index in [0.29, 0.717) is 10.7 Å². The van der Waals surface area contributed by atoms with E-state index in [1.807, 2.05) is 31.2 Å². The van der Waals surface area contributed by atoms with Crippen LogP contribution in [0.4, 0.5) is 0 Å². The van der Waals surface area contributed by atoms with E-state index in [-0.39, 0.29) is 9.92 Å². The quantitative estimate of drug-likeness (QED) is 0.728. The molecule has 0 unspecified atom stereocenters. The van der Waals surface area contributed by atoms with Crippen LogP contribution in [0.3, 0.4) is 0 Å². The molecule has 1 aromatic heterocycles. The van der Waals surface area contributed by atoms with Crippen molar-refractivity contribution >= 4 is 21.4 Å². The summed E-state index contributed by atoms with van der Waals surface area (Å²) in [6.45, 7) is 3.65. The molecule has 0 saturated heterocycles. The summed E-state index contributed by atoms with van der Waals surface area (Å²) < 4.78 is 27.0. The number of rotatable bonds is 3. The van der Waals surface area contributed by atoms with Crippen molar-refractivity contribution in [2.45, 2.75) is 23.8 Å². The van der Waals surface area contributed by atoms with Gasteiger partial charge in [0, 0.05) is 5.02 Å². The minimum absolute atomic E-state index is 0.0543. The Morgan fingerprint density at radius 3 is 2.39 bits per heavy atom. The van der Waals surface area contributed by atoms with Gasteiger partial charge in [-0.15, -0.1) is 5.10 Å². The van der Waals surface area contributed by atoms with Crippen molar-refractivity contribution in [1.82, 2.24) is 15.0 Å². The summed E-state index contributed by atoms with van der Waals surface area (Å²) in [5, 5.41) is 8.30. The average molecular weight is 348 g/mol. The van der Waals surface area contributed by atoms with Crippen LogP contribution >= 0.6 is 11.6 Å². The molecule has 118 valence electrons. The summed E-state index contributed by atoms with van der Waals surface area (Å²) >= 11 is 5.81. The number of aryl methyl sites for hydroxylation is 1. The minimum atomic E-state index is -3.74. The molecule has 0 amide bonds. The highest BCUT2D eigenvalue weighted by molar-refractivity contribution is 7.91. The first-order valence-electron chi connectivity index (χ1n) is 6.89. The fourth-order valence-electron chi connectivity index (χ4n) is 2.29. The lowest BCUT2D eigenvalue weighted by Crippen LogP contribution is -2.05. The molecule has 7 heteroatoms. The van der Waals surface area contributed by atoms with Gasteiger partial charge in [0.1, 0.15) is 0 Å². The first-order valence-corrected chi connectivity index (χ1v) is 8.76. The summed E-state index contributed by atoms with van der Waals surface area (Å²) in [5.41, 5.74) is 2.29. The molecular formula is C16H14ClN3O2S. The van der Waals surface area contributed by atoms with Gasteiger partial charge >= 0.3 is 0 Å². The zero-order chi connectivity index (χ0) is 16.6. The van der Waals surface area contributed by atoms with E-state index in [1.54, 1.807) is 6.92 Å². The summed E-state index contributed by atoms with van der Waals surface area (Å²) in [6, 6.07) is 13.6. The van der Waals surface area contributed by atoms with Crippen molar-refractivity contribution in [3.63, 3.8) is 0 Å². The topological polar surface area (TPSA) is 64.8 Å². The monoisotopic (exact) mass is 347 g/mol. The normalized spacial score (nSPS) is 11.6. The zero-order valence-electron chi connectivity index (χ0n) is 12.6. The van der Waals surface area contributed by atoms with Gasteiger partial charge in [-0.3, -0.25) is 0 Å². The Morgan fingerprint density at radius 1 is 1.04 bits per heavy atom. The number of aromatic nitrogens is 3. The van der Waals surface area contributed by atoms with Gasteiger partial charge in [0.05, 0.1) is 16.3 Å². The third-order valence-electron chi connectivity index (χ3n) is 3.48. The van der Waals surface area contributed by atoms with E-state index in [2.05, 4.69) is 10.3 Å². The number of sulfone groups is 1. The lowest BCUT2D eigenvalue weighted by molar-refractivity contribution is 0.591. The van der Waals surface area contributed by atoms with Crippen molar-refractivity contribution in [2.75, 3.05) is 0 Å². The van der Waals surface area contributed by atoms with Crippen LogP contribution < -0.4 is 0 Å². The van der Waals surface area contributed by atoms with Crippen molar-refractivity contribution in [3.05, 3.63) is 64.8 Å². The largest absolute Gasteiger partial charge is 0.227 e. The second-order valence-electron chi connectivity index (χ2n) is 5.19. The van der Waals surface area contributed by atoms with Crippen LogP contribution in [0.2, 0.25) is 5.02 Å². The molecule has 2 aromatic carbocycles. The Hall–Kier alpha value is -2.18. The van der Waals surface area contributed by atoms with Crippen molar-refractivity contribution < 1.29 is 8.42 Å². The molecule has 0 saturated carbocycles. The van der Waals surface area contributed by atoms with Crippen LogP contribution in [-0.2, 0) is 9.84 Å². The summed E-state index contributed by atoms with van der Waals surface area (Å²) in [7, 11) is -3.74. The van der Waals surface area contributed by atoms with Gasteiger partial charge < -0.3 is 0 Å². The number of hydrogen-bond acceptors (Lipinski definition) is 4. The number of hydrogen-bond donors (Lipinski definition) is 0. The molecule has 3 aromatic rings. The molecule has 0 fully saturated rings. The summed E-state index contributed by atoms with van der Waals surface area (Å²) in [6.07, 6.45) is 0. The third kappa shape index (κ3) is 2.87. The highest BCUT2D eigenvalue weighted by atomic mass is 35.5. The maximum Gasteiger partial charge on any atom is 0.227 e. The maximum atomic E-state index is 12.7. The molecule has 1 heterocycles. The van der Waals surface area contributed by atoms with E-state index >= 15 is 0 Å². The van der Waals surface area contributed by atoms with Crippen LogP contribution in [0.25, 0.3) is 5.69 Å². The summed E-state index contributed by atoms with van der Waals surface area (Å²) in [5.74, 6) is 0. The Balaban J connectivity index is 2.10. The van der Waals surface area contributed by atoms with Crippen molar-refractivity contribution in [3.8, 4) is 5.69 Å². The Labute approximate surface area is 139 Å². The smallest absolute Gasteiger partial charge is 0.217 e. The highest BCUT2D eigenvalue weighted by Gasteiger charge is 2.25. The number of halogens is 1. The van der Waals surface area contributed by atoms with E-state index in [4.69, 9.17) is 11.6 Å². The Kier molecular flexibility index (Phi) is 3.95. The Bertz CT molecular complexity index is 963. The highest BCUT2D eigenvalue weighted by Crippen LogP contribution is 2.24. The SMILES string of the molecule is Cc1cccc(-n2nnc(S(=O)(=O)c3ccc(Cl)cc3)c2C)c1. The van der Waals surface area contributed by atoms with Crippen LogP contribution in [0, 0.1) is 13.8 Å². The molecule has 0 radical (unpaired) electrons. The van der Waals surface area contributed by atoms with E-state index in [1.165, 1.54) is 28.9 Å². The van der Waals surface area contributed by atoms with Crippen LogP contribution in [0.1, 0.15) is 11.3 Å². The predicted molar refractivity (Wildman–Crippen MR) is 87.7 cm³/mol. The molecule has 3 rings (SSSR count).